The van der Waals surface area contributed by atoms with Gasteiger partial charge in [-0.2, -0.15) is 0 Å². The van der Waals surface area contributed by atoms with Crippen LogP contribution in [0.4, 0.5) is 19.3 Å². The van der Waals surface area contributed by atoms with E-state index in [1.165, 1.54) is 29.2 Å². The maximum absolute atomic E-state index is 12.4. The molecule has 29 heavy (non-hydrogen) atoms. The number of rotatable bonds is 6. The first-order valence-electron chi connectivity index (χ1n) is 8.59. The topological polar surface area (TPSA) is 98.1 Å². The van der Waals surface area contributed by atoms with Crippen molar-refractivity contribution in [2.45, 2.75) is 19.5 Å². The van der Waals surface area contributed by atoms with E-state index >= 15 is 0 Å². The molecule has 2 aliphatic heterocycles. The number of hydrogen-bond acceptors (Lipinski definition) is 7. The number of nitrogens with zero attached hydrogens (tertiary/aromatic N) is 1. The molecule has 0 spiro atoms. The number of thiocarbonyl (C=S) groups is 1. The van der Waals surface area contributed by atoms with Gasteiger partial charge in [0, 0.05) is 11.3 Å². The summed E-state index contributed by atoms with van der Waals surface area (Å²) in [6.45, 7) is 1.75. The third-order valence-corrected chi connectivity index (χ3v) is 4.46. The highest BCUT2D eigenvalue weighted by atomic mass is 32.1. The molecular formula is C18H16F2N2O6S. The monoisotopic (exact) mass is 426 g/mol. The first kappa shape index (κ1) is 20.6. The van der Waals surface area contributed by atoms with Crippen LogP contribution >= 0.6 is 12.2 Å². The Balaban J connectivity index is 1.81. The lowest BCUT2D eigenvalue weighted by Crippen LogP contribution is -2.36. The molecule has 154 valence electrons. The fourth-order valence-corrected chi connectivity index (χ4v) is 2.90. The fourth-order valence-electron chi connectivity index (χ4n) is 2.82. The Morgan fingerprint density at radius 1 is 1.34 bits per heavy atom. The van der Waals surface area contributed by atoms with Crippen molar-refractivity contribution in [1.82, 2.24) is 5.32 Å². The summed E-state index contributed by atoms with van der Waals surface area (Å²) in [5.74, 6) is -0.650. The lowest BCUT2D eigenvalue weighted by molar-refractivity contribution is 0.0524. The molecule has 1 amide bonds. The van der Waals surface area contributed by atoms with E-state index in [1.807, 2.05) is 0 Å². The Bertz CT molecular complexity index is 979. The second-order valence-electron chi connectivity index (χ2n) is 6.02. The highest BCUT2D eigenvalue weighted by Gasteiger charge is 2.33. The molecule has 0 aromatic carbocycles. The molecule has 0 aromatic heterocycles. The number of halogens is 2. The van der Waals surface area contributed by atoms with Crippen LogP contribution in [-0.2, 0) is 9.47 Å². The molecule has 1 N–H and O–H groups in total. The van der Waals surface area contributed by atoms with E-state index in [4.69, 9.17) is 13.9 Å². The van der Waals surface area contributed by atoms with E-state index in [9.17, 15) is 23.2 Å². The molecule has 1 saturated heterocycles. The van der Waals surface area contributed by atoms with E-state index in [1.54, 1.807) is 6.92 Å². The van der Waals surface area contributed by atoms with E-state index in [2.05, 4.69) is 17.5 Å². The zero-order valence-corrected chi connectivity index (χ0v) is 16.0. The predicted molar refractivity (Wildman–Crippen MR) is 102 cm³/mol. The van der Waals surface area contributed by atoms with Crippen LogP contribution in [0, 0.1) is 0 Å². The van der Waals surface area contributed by atoms with Crippen LogP contribution in [0.5, 0.6) is 0 Å². The molecule has 0 saturated carbocycles. The highest BCUT2D eigenvalue weighted by molar-refractivity contribution is 7.80. The smallest absolute Gasteiger partial charge is 0.414 e. The molecule has 1 fully saturated rings. The number of esters is 1. The Morgan fingerprint density at radius 3 is 2.76 bits per heavy atom. The van der Waals surface area contributed by atoms with Crippen molar-refractivity contribution in [3.05, 3.63) is 40.2 Å². The number of hydrogen-bond donors (Lipinski definition) is 1. The molecule has 11 heteroatoms. The van der Waals surface area contributed by atoms with Crippen LogP contribution in [0.15, 0.2) is 33.5 Å². The van der Waals surface area contributed by atoms with E-state index in [0.29, 0.717) is 5.69 Å². The highest BCUT2D eigenvalue weighted by Crippen LogP contribution is 2.28. The maximum atomic E-state index is 12.4. The fraction of sp³-hybridized carbons (Fsp3) is 0.333. The van der Waals surface area contributed by atoms with Crippen molar-refractivity contribution in [1.29, 1.82) is 0 Å². The summed E-state index contributed by atoms with van der Waals surface area (Å²) in [5, 5.41) is 2.36. The summed E-state index contributed by atoms with van der Waals surface area (Å²) in [5.41, 5.74) is -0.390. The molecule has 0 radical (unpaired) electrons. The third-order valence-electron chi connectivity index (χ3n) is 4.14. The van der Waals surface area contributed by atoms with E-state index < -0.39 is 35.2 Å². The number of nitrogens with one attached hydrogen (secondary N) is 1. The summed E-state index contributed by atoms with van der Waals surface area (Å²) in [4.78, 5) is 36.8. The van der Waals surface area contributed by atoms with E-state index in [-0.39, 0.29) is 36.6 Å². The van der Waals surface area contributed by atoms with Gasteiger partial charge in [-0.05, 0) is 31.2 Å². The number of alkyl halides is 2. The van der Waals surface area contributed by atoms with Crippen LogP contribution in [0.1, 0.15) is 17.3 Å². The normalized spacial score (nSPS) is 16.2. The Morgan fingerprint density at radius 2 is 2.07 bits per heavy atom. The zero-order valence-electron chi connectivity index (χ0n) is 15.1. The number of amides is 1. The molecule has 3 rings (SSSR count). The Labute approximate surface area is 168 Å². The average Bonchev–Trinajstić information content (AvgIpc) is 3.12. The van der Waals surface area contributed by atoms with Crippen molar-refractivity contribution < 1.29 is 32.3 Å². The van der Waals surface area contributed by atoms with Gasteiger partial charge in [-0.15, -0.1) is 0 Å². The summed E-state index contributed by atoms with van der Waals surface area (Å²) < 4.78 is 40.0. The van der Waals surface area contributed by atoms with Gasteiger partial charge < -0.3 is 19.2 Å². The summed E-state index contributed by atoms with van der Waals surface area (Å²) in [6, 6.07) is 5.94. The lowest BCUT2D eigenvalue weighted by atomic mass is 10.1. The quantitative estimate of drug-likeness (QED) is 0.556. The average molecular weight is 426 g/mol. The summed E-state index contributed by atoms with van der Waals surface area (Å²) >= 11 is 4.49. The number of fused-ring (bicyclic) bond motifs is 1. The van der Waals surface area contributed by atoms with Gasteiger partial charge in [0.2, 0.25) is 0 Å². The zero-order chi connectivity index (χ0) is 21.1. The number of ether oxygens (including phenoxy) is 2. The molecule has 3 aliphatic rings. The SMILES string of the molecule is CCOC(=O)c1c2ccc(N3C[C@H](CNC(=S)C(F)F)OC3=O)ccc-2oc1=O. The standard InChI is InChI=1S/C18H16F2N2O6S/c1-2-26-16(23)13-11-5-3-9(4-6-12(11)28-17(13)24)22-8-10(27-18(22)25)7-21-15(29)14(19)20/h3-6,10,14H,2,7-8H2,1H3,(H,21,29)/t10-/m0/s1. The minimum atomic E-state index is -2.79. The van der Waals surface area contributed by atoms with Crippen LogP contribution < -0.4 is 15.8 Å². The molecule has 0 unspecified atom stereocenters. The van der Waals surface area contributed by atoms with Gasteiger partial charge in [0.05, 0.1) is 19.7 Å². The second-order valence-corrected chi connectivity index (χ2v) is 6.46. The number of anilines is 1. The predicted octanol–water partition coefficient (Wildman–Crippen LogP) is 2.43. The van der Waals surface area contributed by atoms with E-state index in [0.717, 1.165) is 0 Å². The van der Waals surface area contributed by atoms with Crippen LogP contribution in [-0.4, -0.2) is 49.3 Å². The number of cyclic esters (lactones) is 1. The molecule has 1 atom stereocenters. The van der Waals surface area contributed by atoms with Gasteiger partial charge >= 0.3 is 17.7 Å². The van der Waals surface area contributed by atoms with Gasteiger partial charge in [0.1, 0.15) is 16.9 Å². The largest absolute Gasteiger partial charge is 0.462 e. The molecule has 8 nitrogen and oxygen atoms in total. The lowest BCUT2D eigenvalue weighted by Gasteiger charge is -2.12. The van der Waals surface area contributed by atoms with Gasteiger partial charge in [-0.1, -0.05) is 12.2 Å². The number of carbonyl (C=O) groups is 2. The number of furan rings is 1. The summed E-state index contributed by atoms with van der Waals surface area (Å²) in [6.07, 6.45) is -4.14. The van der Waals surface area contributed by atoms with Crippen molar-refractivity contribution in [2.75, 3.05) is 24.6 Å². The van der Waals surface area contributed by atoms with Crippen molar-refractivity contribution >= 4 is 35.0 Å². The van der Waals surface area contributed by atoms with Crippen molar-refractivity contribution in [3.8, 4) is 11.3 Å². The minimum Gasteiger partial charge on any atom is -0.462 e. The first-order chi connectivity index (χ1) is 13.8. The third kappa shape index (κ3) is 4.34. The molecule has 2 heterocycles. The maximum Gasteiger partial charge on any atom is 0.414 e. The Hall–Kier alpha value is -3.08. The van der Waals surface area contributed by atoms with Gasteiger partial charge in [0.15, 0.2) is 5.56 Å². The van der Waals surface area contributed by atoms with Gasteiger partial charge in [-0.25, -0.2) is 23.2 Å². The number of carbonyl (C=O) groups excluding carboxylic acids is 2. The van der Waals surface area contributed by atoms with Crippen LogP contribution in [0.3, 0.4) is 0 Å². The molecule has 1 aliphatic carbocycles. The van der Waals surface area contributed by atoms with Gasteiger partial charge in [-0.3, -0.25) is 4.90 Å². The van der Waals surface area contributed by atoms with Crippen LogP contribution in [0.25, 0.3) is 11.3 Å². The second kappa shape index (κ2) is 8.52. The molecule has 0 aromatic rings. The van der Waals surface area contributed by atoms with Gasteiger partial charge in [0.25, 0.3) is 6.43 Å². The molecule has 0 bridgehead atoms. The van der Waals surface area contributed by atoms with Crippen molar-refractivity contribution in [3.63, 3.8) is 0 Å². The first-order valence-corrected chi connectivity index (χ1v) is 9.00. The summed E-state index contributed by atoms with van der Waals surface area (Å²) in [7, 11) is 0. The van der Waals surface area contributed by atoms with Crippen molar-refractivity contribution in [2.24, 2.45) is 0 Å². The molecular weight excluding hydrogens is 410 g/mol. The minimum absolute atomic E-state index is 0.0563. The van der Waals surface area contributed by atoms with Crippen LogP contribution in [0.2, 0.25) is 0 Å². The Kier molecular flexibility index (Phi) is 6.06.